The predicted molar refractivity (Wildman–Crippen MR) is 75.9 cm³/mol. The van der Waals surface area contributed by atoms with E-state index in [1.165, 1.54) is 6.07 Å². The lowest BCUT2D eigenvalue weighted by molar-refractivity contribution is 0.194. The van der Waals surface area contributed by atoms with Crippen LogP contribution in [0.2, 0.25) is 19.6 Å². The first-order valence-corrected chi connectivity index (χ1v) is 9.27. The van der Waals surface area contributed by atoms with Crippen molar-refractivity contribution in [2.75, 3.05) is 5.73 Å². The molecule has 6 heteroatoms. The Labute approximate surface area is 112 Å². The van der Waals surface area contributed by atoms with Crippen LogP contribution >= 0.6 is 0 Å². The summed E-state index contributed by atoms with van der Waals surface area (Å²) in [6.45, 7) is 6.24. The quantitative estimate of drug-likeness (QED) is 0.442. The van der Waals surface area contributed by atoms with Crippen molar-refractivity contribution in [1.82, 2.24) is 5.32 Å². The Balaban J connectivity index is 3.09. The number of benzene rings is 1. The second-order valence-electron chi connectivity index (χ2n) is 5.20. The van der Waals surface area contributed by atoms with Crippen LogP contribution in [-0.4, -0.2) is 19.3 Å². The van der Waals surface area contributed by atoms with Crippen LogP contribution < -0.4 is 11.1 Å². The number of anilines is 1. The average Bonchev–Trinajstić information content (AvgIpc) is 2.27. The molecule has 0 saturated heterocycles. The number of carbonyl (C=O) groups is 1. The lowest BCUT2D eigenvalue weighted by atomic mass is 10.1. The normalized spacial score (nSPS) is 10.5. The van der Waals surface area contributed by atoms with Crippen molar-refractivity contribution in [3.63, 3.8) is 0 Å². The van der Waals surface area contributed by atoms with E-state index in [0.717, 1.165) is 0 Å². The molecular formula is C13H17FN2O2Si. The van der Waals surface area contributed by atoms with E-state index < -0.39 is 20.0 Å². The van der Waals surface area contributed by atoms with Gasteiger partial charge in [0, 0.05) is 6.54 Å². The maximum atomic E-state index is 13.6. The molecule has 0 aliphatic carbocycles. The third-order valence-electron chi connectivity index (χ3n) is 2.21. The summed E-state index contributed by atoms with van der Waals surface area (Å²) >= 11 is 0. The number of amides is 1. The third kappa shape index (κ3) is 5.02. The highest BCUT2D eigenvalue weighted by molar-refractivity contribution is 6.83. The van der Waals surface area contributed by atoms with E-state index in [-0.39, 0.29) is 12.2 Å². The molecular weight excluding hydrogens is 263 g/mol. The minimum Gasteiger partial charge on any atom is -0.465 e. The van der Waals surface area contributed by atoms with Crippen molar-refractivity contribution >= 4 is 19.9 Å². The first kappa shape index (κ1) is 15.1. The van der Waals surface area contributed by atoms with Crippen LogP contribution in [0.4, 0.5) is 14.9 Å². The molecule has 1 rings (SSSR count). The lowest BCUT2D eigenvalue weighted by Crippen LogP contribution is -2.20. The first-order chi connectivity index (χ1) is 8.69. The minimum atomic E-state index is -1.58. The second-order valence-corrected chi connectivity index (χ2v) is 9.95. The highest BCUT2D eigenvalue weighted by atomic mass is 28.3. The molecule has 102 valence electrons. The summed E-state index contributed by atoms with van der Waals surface area (Å²) in [5.74, 6) is 2.31. The summed E-state index contributed by atoms with van der Waals surface area (Å²) in [4.78, 5) is 10.4. The van der Waals surface area contributed by atoms with Gasteiger partial charge in [-0.25, -0.2) is 9.18 Å². The van der Waals surface area contributed by atoms with Gasteiger partial charge >= 0.3 is 6.09 Å². The maximum Gasteiger partial charge on any atom is 0.404 e. The molecule has 1 amide bonds. The Morgan fingerprint density at radius 3 is 2.63 bits per heavy atom. The Kier molecular flexibility index (Phi) is 4.56. The number of nitrogens with one attached hydrogen (secondary N) is 1. The standard InChI is InChI=1S/C13H17FN2O2Si/c1-19(2,3)5-4-10-6-9(8-16-13(17)18)7-11(14)12(10)15/h6-7,16H,8,15H2,1-3H3,(H,17,18). The molecule has 1 aromatic carbocycles. The largest absolute Gasteiger partial charge is 0.465 e. The molecule has 0 atom stereocenters. The monoisotopic (exact) mass is 280 g/mol. The van der Waals surface area contributed by atoms with Gasteiger partial charge in [0.05, 0.1) is 11.3 Å². The predicted octanol–water partition coefficient (Wildman–Crippen LogP) is 2.40. The fourth-order valence-electron chi connectivity index (χ4n) is 1.31. The zero-order valence-electron chi connectivity index (χ0n) is 11.2. The molecule has 0 aliphatic rings. The zero-order chi connectivity index (χ0) is 14.6. The molecule has 0 aromatic heterocycles. The van der Waals surface area contributed by atoms with Gasteiger partial charge in [0.1, 0.15) is 13.9 Å². The summed E-state index contributed by atoms with van der Waals surface area (Å²) in [5, 5.41) is 10.7. The fraction of sp³-hybridized carbons (Fsp3) is 0.308. The number of halogens is 1. The summed E-state index contributed by atoms with van der Waals surface area (Å²) in [6.07, 6.45) is -1.16. The number of nitrogen functional groups attached to an aromatic ring is 1. The molecule has 0 heterocycles. The SMILES string of the molecule is C[Si](C)(C)C#Cc1cc(CNC(=O)O)cc(F)c1N. The van der Waals surface area contributed by atoms with Crippen molar-refractivity contribution in [2.24, 2.45) is 0 Å². The van der Waals surface area contributed by atoms with Gasteiger partial charge < -0.3 is 16.2 Å². The fourth-order valence-corrected chi connectivity index (χ4v) is 1.82. The summed E-state index contributed by atoms with van der Waals surface area (Å²) < 4.78 is 13.6. The van der Waals surface area contributed by atoms with Crippen LogP contribution in [0.25, 0.3) is 0 Å². The molecule has 4 N–H and O–H groups in total. The van der Waals surface area contributed by atoms with Crippen LogP contribution in [0.1, 0.15) is 11.1 Å². The van der Waals surface area contributed by atoms with Crippen LogP contribution in [0.3, 0.4) is 0 Å². The Morgan fingerprint density at radius 1 is 1.47 bits per heavy atom. The Morgan fingerprint density at radius 2 is 2.11 bits per heavy atom. The Hall–Kier alpha value is -2.00. The van der Waals surface area contributed by atoms with Gasteiger partial charge in [-0.15, -0.1) is 5.54 Å². The van der Waals surface area contributed by atoms with E-state index in [4.69, 9.17) is 10.8 Å². The molecule has 19 heavy (non-hydrogen) atoms. The Bertz CT molecular complexity index is 556. The van der Waals surface area contributed by atoms with Crippen LogP contribution in [0.15, 0.2) is 12.1 Å². The molecule has 0 spiro atoms. The van der Waals surface area contributed by atoms with E-state index in [1.807, 2.05) is 0 Å². The van der Waals surface area contributed by atoms with E-state index >= 15 is 0 Å². The summed E-state index contributed by atoms with van der Waals surface area (Å²) in [6, 6.07) is 2.83. The van der Waals surface area contributed by atoms with Crippen molar-refractivity contribution in [3.05, 3.63) is 29.1 Å². The molecule has 0 bridgehead atoms. The average molecular weight is 280 g/mol. The van der Waals surface area contributed by atoms with Crippen molar-refractivity contribution < 1.29 is 14.3 Å². The number of carboxylic acid groups (broad SMARTS) is 1. The lowest BCUT2D eigenvalue weighted by Gasteiger charge is -2.07. The van der Waals surface area contributed by atoms with E-state index in [0.29, 0.717) is 11.1 Å². The molecule has 1 aromatic rings. The highest BCUT2D eigenvalue weighted by Gasteiger charge is 2.10. The molecule has 0 fully saturated rings. The van der Waals surface area contributed by atoms with Gasteiger partial charge in [-0.3, -0.25) is 0 Å². The van der Waals surface area contributed by atoms with Crippen LogP contribution in [-0.2, 0) is 6.54 Å². The number of rotatable bonds is 2. The van der Waals surface area contributed by atoms with Gasteiger partial charge in [0.25, 0.3) is 0 Å². The molecule has 4 nitrogen and oxygen atoms in total. The molecule has 0 unspecified atom stereocenters. The maximum absolute atomic E-state index is 13.6. The first-order valence-electron chi connectivity index (χ1n) is 5.77. The van der Waals surface area contributed by atoms with Crippen LogP contribution in [0.5, 0.6) is 0 Å². The number of hydrogen-bond acceptors (Lipinski definition) is 2. The molecule has 0 radical (unpaired) electrons. The van der Waals surface area contributed by atoms with Crippen molar-refractivity contribution in [3.8, 4) is 11.5 Å². The van der Waals surface area contributed by atoms with Crippen molar-refractivity contribution in [1.29, 1.82) is 0 Å². The number of nitrogens with two attached hydrogens (primary N) is 1. The zero-order valence-corrected chi connectivity index (χ0v) is 12.2. The minimum absolute atomic E-state index is 0.00447. The van der Waals surface area contributed by atoms with Gasteiger partial charge in [-0.2, -0.15) is 0 Å². The third-order valence-corrected chi connectivity index (χ3v) is 3.08. The van der Waals surface area contributed by atoms with Gasteiger partial charge in [-0.1, -0.05) is 25.6 Å². The van der Waals surface area contributed by atoms with E-state index in [1.54, 1.807) is 6.07 Å². The molecule has 0 saturated carbocycles. The number of hydrogen-bond donors (Lipinski definition) is 3. The smallest absolute Gasteiger partial charge is 0.404 e. The van der Waals surface area contributed by atoms with Gasteiger partial charge in [0.2, 0.25) is 0 Å². The summed E-state index contributed by atoms with van der Waals surface area (Å²) in [5.41, 5.74) is 9.65. The second kappa shape index (κ2) is 5.76. The summed E-state index contributed by atoms with van der Waals surface area (Å²) in [7, 11) is -1.58. The highest BCUT2D eigenvalue weighted by Crippen LogP contribution is 2.18. The van der Waals surface area contributed by atoms with Crippen molar-refractivity contribution in [2.45, 2.75) is 26.2 Å². The van der Waals surface area contributed by atoms with Gasteiger partial charge in [0.15, 0.2) is 0 Å². The van der Waals surface area contributed by atoms with E-state index in [2.05, 4.69) is 36.4 Å². The van der Waals surface area contributed by atoms with Crippen LogP contribution in [0, 0.1) is 17.3 Å². The molecule has 0 aliphatic heterocycles. The topological polar surface area (TPSA) is 75.3 Å². The van der Waals surface area contributed by atoms with Gasteiger partial charge in [-0.05, 0) is 17.7 Å². The van der Waals surface area contributed by atoms with E-state index in [9.17, 15) is 9.18 Å².